The quantitative estimate of drug-likeness (QED) is 0.635. The number of amides is 2. The van der Waals surface area contributed by atoms with Gasteiger partial charge in [-0.3, -0.25) is 14.7 Å². The van der Waals surface area contributed by atoms with E-state index in [2.05, 4.69) is 20.8 Å². The number of H-pyrrole nitrogens is 1. The molecule has 3 aromatic rings. The van der Waals surface area contributed by atoms with E-state index in [1.54, 1.807) is 37.3 Å². The minimum absolute atomic E-state index is 0.265. The fraction of sp³-hybridized carbons (Fsp3) is 0.211. The molecule has 1 unspecified atom stereocenters. The van der Waals surface area contributed by atoms with Crippen molar-refractivity contribution in [2.75, 3.05) is 11.9 Å². The van der Waals surface area contributed by atoms with Crippen LogP contribution in [0.2, 0.25) is 0 Å². The van der Waals surface area contributed by atoms with Gasteiger partial charge in [0, 0.05) is 11.1 Å². The van der Waals surface area contributed by atoms with E-state index in [0.717, 1.165) is 11.3 Å². The minimum Gasteiger partial charge on any atom is -0.494 e. The van der Waals surface area contributed by atoms with Crippen LogP contribution >= 0.6 is 0 Å². The number of hydrogen-bond donors (Lipinski definition) is 3. The average molecular weight is 352 g/mol. The molecule has 0 aliphatic rings. The Balaban J connectivity index is 1.62. The molecule has 0 aliphatic carbocycles. The van der Waals surface area contributed by atoms with Crippen molar-refractivity contribution >= 4 is 28.4 Å². The predicted octanol–water partition coefficient (Wildman–Crippen LogP) is 2.72. The molecule has 0 saturated carbocycles. The lowest BCUT2D eigenvalue weighted by atomic mass is 10.2. The Labute approximate surface area is 150 Å². The van der Waals surface area contributed by atoms with Crippen LogP contribution in [0.15, 0.2) is 48.5 Å². The third-order valence-corrected chi connectivity index (χ3v) is 3.86. The maximum absolute atomic E-state index is 12.4. The van der Waals surface area contributed by atoms with Gasteiger partial charge in [0.15, 0.2) is 5.69 Å². The van der Waals surface area contributed by atoms with E-state index in [9.17, 15) is 9.59 Å². The van der Waals surface area contributed by atoms with Crippen LogP contribution in [0.1, 0.15) is 24.3 Å². The second-order valence-corrected chi connectivity index (χ2v) is 5.76. The van der Waals surface area contributed by atoms with Gasteiger partial charge >= 0.3 is 0 Å². The molecule has 134 valence electrons. The van der Waals surface area contributed by atoms with Crippen molar-refractivity contribution in [2.24, 2.45) is 0 Å². The monoisotopic (exact) mass is 352 g/mol. The highest BCUT2D eigenvalue weighted by atomic mass is 16.5. The Hall–Kier alpha value is -3.35. The number of nitrogens with one attached hydrogen (secondary N) is 3. The standard InChI is InChI=1S/C19H20N4O3/c1-3-26-14-10-8-13(9-11-14)21-18(24)12(2)20-19(25)17-15-6-4-5-7-16(15)22-23-17/h4-12H,3H2,1-2H3,(H,20,25)(H,21,24)(H,22,23). The number of ether oxygens (including phenoxy) is 1. The van der Waals surface area contributed by atoms with Crippen molar-refractivity contribution in [1.82, 2.24) is 15.5 Å². The molecule has 1 aromatic heterocycles. The summed E-state index contributed by atoms with van der Waals surface area (Å²) in [6.45, 7) is 4.11. The number of para-hydroxylation sites is 1. The first-order valence-electron chi connectivity index (χ1n) is 8.36. The third kappa shape index (κ3) is 3.83. The van der Waals surface area contributed by atoms with Gasteiger partial charge in [0.05, 0.1) is 12.1 Å². The molecule has 1 heterocycles. The number of aromatic amines is 1. The Kier molecular flexibility index (Phi) is 5.17. The van der Waals surface area contributed by atoms with Gasteiger partial charge in [-0.05, 0) is 44.2 Å². The van der Waals surface area contributed by atoms with Gasteiger partial charge in [-0.15, -0.1) is 0 Å². The summed E-state index contributed by atoms with van der Waals surface area (Å²) < 4.78 is 5.36. The zero-order chi connectivity index (χ0) is 18.5. The summed E-state index contributed by atoms with van der Waals surface area (Å²) in [4.78, 5) is 24.7. The van der Waals surface area contributed by atoms with E-state index in [1.165, 1.54) is 0 Å². The maximum Gasteiger partial charge on any atom is 0.273 e. The van der Waals surface area contributed by atoms with Crippen LogP contribution in [0.3, 0.4) is 0 Å². The fourth-order valence-electron chi connectivity index (χ4n) is 2.52. The smallest absolute Gasteiger partial charge is 0.273 e. The number of carbonyl (C=O) groups is 2. The lowest BCUT2D eigenvalue weighted by Gasteiger charge is -2.14. The van der Waals surface area contributed by atoms with Crippen LogP contribution in [0.5, 0.6) is 5.75 Å². The van der Waals surface area contributed by atoms with Crippen molar-refractivity contribution in [2.45, 2.75) is 19.9 Å². The Morgan fingerprint density at radius 2 is 1.88 bits per heavy atom. The predicted molar refractivity (Wildman–Crippen MR) is 99.3 cm³/mol. The Bertz CT molecular complexity index is 918. The van der Waals surface area contributed by atoms with Gasteiger partial charge < -0.3 is 15.4 Å². The van der Waals surface area contributed by atoms with Crippen molar-refractivity contribution in [3.05, 3.63) is 54.2 Å². The molecule has 0 fully saturated rings. The first-order chi connectivity index (χ1) is 12.6. The van der Waals surface area contributed by atoms with Crippen LogP contribution in [0, 0.1) is 0 Å². The van der Waals surface area contributed by atoms with Crippen molar-refractivity contribution < 1.29 is 14.3 Å². The molecule has 2 aromatic carbocycles. The van der Waals surface area contributed by atoms with Crippen LogP contribution in [0.4, 0.5) is 5.69 Å². The normalized spacial score (nSPS) is 11.8. The number of carbonyl (C=O) groups excluding carboxylic acids is 2. The molecule has 0 saturated heterocycles. The molecule has 1 atom stereocenters. The molecule has 0 spiro atoms. The highest BCUT2D eigenvalue weighted by molar-refractivity contribution is 6.06. The van der Waals surface area contributed by atoms with Crippen LogP contribution < -0.4 is 15.4 Å². The van der Waals surface area contributed by atoms with Crippen molar-refractivity contribution in [3.63, 3.8) is 0 Å². The van der Waals surface area contributed by atoms with E-state index in [4.69, 9.17) is 4.74 Å². The summed E-state index contributed by atoms with van der Waals surface area (Å²) in [5, 5.41) is 13.0. The first-order valence-corrected chi connectivity index (χ1v) is 8.36. The second kappa shape index (κ2) is 7.69. The van der Waals surface area contributed by atoms with Gasteiger partial charge in [0.1, 0.15) is 11.8 Å². The van der Waals surface area contributed by atoms with Crippen molar-refractivity contribution in [3.8, 4) is 5.75 Å². The van der Waals surface area contributed by atoms with Crippen LogP contribution in [-0.2, 0) is 4.79 Å². The summed E-state index contributed by atoms with van der Waals surface area (Å²) in [7, 11) is 0. The topological polar surface area (TPSA) is 96.1 Å². The molecule has 2 amide bonds. The van der Waals surface area contributed by atoms with E-state index in [-0.39, 0.29) is 11.6 Å². The molecule has 0 aliphatic heterocycles. The highest BCUT2D eigenvalue weighted by Crippen LogP contribution is 2.17. The van der Waals surface area contributed by atoms with Gasteiger partial charge in [-0.2, -0.15) is 5.10 Å². The summed E-state index contributed by atoms with van der Waals surface area (Å²) in [5.41, 5.74) is 1.66. The highest BCUT2D eigenvalue weighted by Gasteiger charge is 2.20. The van der Waals surface area contributed by atoms with E-state index < -0.39 is 11.9 Å². The largest absolute Gasteiger partial charge is 0.494 e. The fourth-order valence-corrected chi connectivity index (χ4v) is 2.52. The molecule has 26 heavy (non-hydrogen) atoms. The number of rotatable bonds is 6. The molecule has 0 bridgehead atoms. The van der Waals surface area contributed by atoms with Gasteiger partial charge in [0.2, 0.25) is 5.91 Å². The van der Waals surface area contributed by atoms with Gasteiger partial charge in [0.25, 0.3) is 5.91 Å². The summed E-state index contributed by atoms with van der Waals surface area (Å²) in [6.07, 6.45) is 0. The molecule has 0 radical (unpaired) electrons. The lowest BCUT2D eigenvalue weighted by molar-refractivity contribution is -0.117. The lowest BCUT2D eigenvalue weighted by Crippen LogP contribution is -2.41. The molecular weight excluding hydrogens is 332 g/mol. The number of nitrogens with zero attached hydrogens (tertiary/aromatic N) is 1. The summed E-state index contributed by atoms with van der Waals surface area (Å²) >= 11 is 0. The molecule has 7 nitrogen and oxygen atoms in total. The van der Waals surface area contributed by atoms with Crippen molar-refractivity contribution in [1.29, 1.82) is 0 Å². The molecule has 3 rings (SSSR count). The molecular formula is C19H20N4O3. The average Bonchev–Trinajstić information content (AvgIpc) is 3.07. The Morgan fingerprint density at radius 3 is 2.62 bits per heavy atom. The zero-order valence-corrected chi connectivity index (χ0v) is 14.6. The van der Waals surface area contributed by atoms with E-state index >= 15 is 0 Å². The number of benzene rings is 2. The Morgan fingerprint density at radius 1 is 1.15 bits per heavy atom. The maximum atomic E-state index is 12.4. The van der Waals surface area contributed by atoms with Gasteiger partial charge in [-0.25, -0.2) is 0 Å². The van der Waals surface area contributed by atoms with Crippen LogP contribution in [-0.4, -0.2) is 34.7 Å². The summed E-state index contributed by atoms with van der Waals surface area (Å²) in [6, 6.07) is 13.7. The SMILES string of the molecule is CCOc1ccc(NC(=O)C(C)NC(=O)c2n[nH]c3ccccc23)cc1. The zero-order valence-electron chi connectivity index (χ0n) is 14.6. The molecule has 7 heteroatoms. The van der Waals surface area contributed by atoms with E-state index in [1.807, 2.05) is 25.1 Å². The van der Waals surface area contributed by atoms with Gasteiger partial charge in [-0.1, -0.05) is 18.2 Å². The second-order valence-electron chi connectivity index (χ2n) is 5.76. The van der Waals surface area contributed by atoms with Crippen LogP contribution in [0.25, 0.3) is 10.9 Å². The number of hydrogen-bond acceptors (Lipinski definition) is 4. The number of fused-ring (bicyclic) bond motifs is 1. The van der Waals surface area contributed by atoms with E-state index in [0.29, 0.717) is 17.7 Å². The minimum atomic E-state index is -0.718. The summed E-state index contributed by atoms with van der Waals surface area (Å²) in [5.74, 6) is 0.0106. The molecule has 3 N–H and O–H groups in total. The third-order valence-electron chi connectivity index (χ3n) is 3.86. The number of aromatic nitrogens is 2. The number of anilines is 1. The first kappa shape index (κ1) is 17.5.